The second-order valence-electron chi connectivity index (χ2n) is 8.24. The van der Waals surface area contributed by atoms with Gasteiger partial charge in [-0.05, 0) is 61.4 Å². The average Bonchev–Trinajstić information content (AvgIpc) is 2.78. The van der Waals surface area contributed by atoms with Crippen molar-refractivity contribution in [2.24, 2.45) is 0 Å². The second kappa shape index (κ2) is 10.5. The Balaban J connectivity index is 2.34. The predicted octanol–water partition coefficient (Wildman–Crippen LogP) is 6.10. The van der Waals surface area contributed by atoms with Crippen LogP contribution in [-0.2, 0) is 18.1 Å². The van der Waals surface area contributed by atoms with E-state index < -0.39 is 29.1 Å². The smallest absolute Gasteiger partial charge is 0.416 e. The van der Waals surface area contributed by atoms with Crippen molar-refractivity contribution in [2.75, 3.05) is 7.11 Å². The van der Waals surface area contributed by atoms with Crippen molar-refractivity contribution in [1.82, 2.24) is 15.6 Å². The normalized spacial score (nSPS) is 13.3. The molecule has 1 aromatic heterocycles. The molecule has 2 amide bonds. The molecule has 3 rings (SSSR count). The molecular weight excluding hydrogens is 486 g/mol. The van der Waals surface area contributed by atoms with Gasteiger partial charge < -0.3 is 15.4 Å². The van der Waals surface area contributed by atoms with Crippen LogP contribution in [0.3, 0.4) is 0 Å². The summed E-state index contributed by atoms with van der Waals surface area (Å²) in [7, 11) is 1.45. The Morgan fingerprint density at radius 2 is 1.77 bits per heavy atom. The van der Waals surface area contributed by atoms with Gasteiger partial charge in [0, 0.05) is 18.7 Å². The number of nitrogens with zero attached hydrogens (tertiary/aromatic N) is 1. The summed E-state index contributed by atoms with van der Waals surface area (Å²) in [5, 5.41) is 5.73. The molecule has 5 nitrogen and oxygen atoms in total. The maximum Gasteiger partial charge on any atom is 0.416 e. The molecule has 0 aliphatic rings. The Bertz CT molecular complexity index is 1190. The van der Waals surface area contributed by atoms with E-state index in [0.717, 1.165) is 12.1 Å². The first-order valence-corrected chi connectivity index (χ1v) is 11.0. The molecule has 35 heavy (non-hydrogen) atoms. The highest BCUT2D eigenvalue weighted by Gasteiger charge is 2.41. The van der Waals surface area contributed by atoms with E-state index in [0.29, 0.717) is 17.4 Å². The molecule has 0 aliphatic carbocycles. The number of ether oxygens (including phenoxy) is 1. The number of amides is 2. The van der Waals surface area contributed by atoms with Crippen LogP contribution in [0.1, 0.15) is 36.2 Å². The van der Waals surface area contributed by atoms with Crippen LogP contribution in [0, 0.1) is 5.82 Å². The van der Waals surface area contributed by atoms with Gasteiger partial charge in [0.1, 0.15) is 17.1 Å². The van der Waals surface area contributed by atoms with Crippen LogP contribution in [0.5, 0.6) is 5.75 Å². The average molecular weight is 510 g/mol. The summed E-state index contributed by atoms with van der Waals surface area (Å²) in [6.45, 7) is 3.46. The van der Waals surface area contributed by atoms with E-state index in [4.69, 9.17) is 16.3 Å². The number of para-hydroxylation sites is 1. The maximum absolute atomic E-state index is 14.6. The summed E-state index contributed by atoms with van der Waals surface area (Å²) in [5.41, 5.74) is -2.36. The molecule has 0 saturated heterocycles. The van der Waals surface area contributed by atoms with E-state index in [1.807, 2.05) is 0 Å². The van der Waals surface area contributed by atoms with Crippen LogP contribution in [0.15, 0.2) is 60.8 Å². The van der Waals surface area contributed by atoms with Gasteiger partial charge in [-0.15, -0.1) is 0 Å². The van der Waals surface area contributed by atoms with Gasteiger partial charge >= 0.3 is 12.2 Å². The summed E-state index contributed by atoms with van der Waals surface area (Å²) in [4.78, 5) is 17.3. The number of aromatic nitrogens is 1. The highest BCUT2D eigenvalue weighted by Crippen LogP contribution is 2.39. The number of nitrogens with one attached hydrogen (secondary N) is 2. The van der Waals surface area contributed by atoms with Crippen LogP contribution >= 0.6 is 11.6 Å². The molecule has 0 bridgehead atoms. The maximum atomic E-state index is 14.6. The second-order valence-corrected chi connectivity index (χ2v) is 8.67. The van der Waals surface area contributed by atoms with Gasteiger partial charge in [-0.2, -0.15) is 13.2 Å². The zero-order chi connectivity index (χ0) is 25.8. The molecule has 0 aliphatic heterocycles. The fourth-order valence-corrected chi connectivity index (χ4v) is 3.89. The monoisotopic (exact) mass is 509 g/mol. The number of rotatable bonds is 7. The number of hydrogen-bond donors (Lipinski definition) is 2. The summed E-state index contributed by atoms with van der Waals surface area (Å²) in [5.74, 6) is -0.677. The van der Waals surface area contributed by atoms with Crippen LogP contribution in [0.4, 0.5) is 22.4 Å². The summed E-state index contributed by atoms with van der Waals surface area (Å²) in [6.07, 6.45) is -3.61. The van der Waals surface area contributed by atoms with Gasteiger partial charge in [-0.1, -0.05) is 29.8 Å². The van der Waals surface area contributed by atoms with Crippen molar-refractivity contribution >= 4 is 17.6 Å². The zero-order valence-corrected chi connectivity index (χ0v) is 20.0. The van der Waals surface area contributed by atoms with Crippen LogP contribution < -0.4 is 15.4 Å². The topological polar surface area (TPSA) is 63.2 Å². The van der Waals surface area contributed by atoms with Crippen molar-refractivity contribution in [3.63, 3.8) is 0 Å². The molecule has 3 aromatic rings. The predicted molar refractivity (Wildman–Crippen MR) is 125 cm³/mol. The fraction of sp³-hybridized carbons (Fsp3) is 0.280. The van der Waals surface area contributed by atoms with Gasteiger partial charge in [0.25, 0.3) is 0 Å². The number of benzene rings is 2. The quantitative estimate of drug-likeness (QED) is 0.379. The molecule has 0 radical (unpaired) electrons. The molecule has 0 fully saturated rings. The van der Waals surface area contributed by atoms with Crippen molar-refractivity contribution < 1.29 is 27.1 Å². The Labute approximate surface area is 205 Å². The molecule has 2 aromatic carbocycles. The standard InChI is InChI=1S/C25H24ClF4N3O2/c1-15(2)32-23(34)33-24(22-9-8-19(26)14-31-22,13-16-6-4-5-7-21(16)35-3)17-10-18(25(28,29)30)12-20(27)11-17/h4-12,14-15H,13H2,1-3H3,(H2,32,33,34)/t24-/m1/s1. The summed E-state index contributed by atoms with van der Waals surface area (Å²) in [6, 6.07) is 11.0. The molecular formula is C25H24ClF4N3O2. The molecule has 0 spiro atoms. The van der Waals surface area contributed by atoms with Crippen LogP contribution in [-0.4, -0.2) is 24.2 Å². The number of methoxy groups -OCH3 is 1. The third-order valence-electron chi connectivity index (χ3n) is 5.28. The van der Waals surface area contributed by atoms with Crippen LogP contribution in [0.25, 0.3) is 0 Å². The van der Waals surface area contributed by atoms with Gasteiger partial charge in [0.05, 0.1) is 23.4 Å². The van der Waals surface area contributed by atoms with Gasteiger partial charge in [-0.3, -0.25) is 4.98 Å². The van der Waals surface area contributed by atoms with Crippen molar-refractivity contribution in [3.8, 4) is 5.75 Å². The van der Waals surface area contributed by atoms with E-state index in [-0.39, 0.29) is 28.7 Å². The Morgan fingerprint density at radius 3 is 2.37 bits per heavy atom. The summed E-state index contributed by atoms with van der Waals surface area (Å²) < 4.78 is 61.0. The molecule has 0 saturated carbocycles. The van der Waals surface area contributed by atoms with Crippen molar-refractivity contribution in [2.45, 2.75) is 38.0 Å². The Kier molecular flexibility index (Phi) is 7.90. The number of carbonyl (C=O) groups excluding carboxylic acids is 1. The molecule has 1 heterocycles. The Hall–Kier alpha value is -3.33. The van der Waals surface area contributed by atoms with Gasteiger partial charge in [0.15, 0.2) is 0 Å². The Morgan fingerprint density at radius 1 is 1.09 bits per heavy atom. The highest BCUT2D eigenvalue weighted by atomic mass is 35.5. The van der Waals surface area contributed by atoms with Crippen LogP contribution in [0.2, 0.25) is 5.02 Å². The molecule has 10 heteroatoms. The first-order chi connectivity index (χ1) is 16.4. The van der Waals surface area contributed by atoms with E-state index in [1.165, 1.54) is 25.4 Å². The number of hydrogen-bond acceptors (Lipinski definition) is 3. The SMILES string of the molecule is COc1ccccc1C[C@@](NC(=O)NC(C)C)(c1cc(F)cc(C(F)(F)F)c1)c1ccc(Cl)cn1. The third-order valence-corrected chi connectivity index (χ3v) is 5.50. The zero-order valence-electron chi connectivity index (χ0n) is 19.2. The number of urea groups is 1. The highest BCUT2D eigenvalue weighted by molar-refractivity contribution is 6.30. The lowest BCUT2D eigenvalue weighted by atomic mass is 9.79. The number of pyridine rings is 1. The van der Waals surface area contributed by atoms with Crippen molar-refractivity contribution in [1.29, 1.82) is 0 Å². The lowest BCUT2D eigenvalue weighted by Crippen LogP contribution is -2.53. The minimum Gasteiger partial charge on any atom is -0.496 e. The van der Waals surface area contributed by atoms with E-state index in [9.17, 15) is 22.4 Å². The fourth-order valence-electron chi connectivity index (χ4n) is 3.78. The number of halogens is 5. The largest absolute Gasteiger partial charge is 0.496 e. The van der Waals surface area contributed by atoms with E-state index in [2.05, 4.69) is 15.6 Å². The molecule has 1 atom stereocenters. The third kappa shape index (κ3) is 6.22. The number of alkyl halides is 3. The number of carbonyl (C=O) groups is 1. The van der Waals surface area contributed by atoms with E-state index in [1.54, 1.807) is 38.1 Å². The van der Waals surface area contributed by atoms with Gasteiger partial charge in [0.2, 0.25) is 0 Å². The lowest BCUT2D eigenvalue weighted by molar-refractivity contribution is -0.137. The van der Waals surface area contributed by atoms with Crippen molar-refractivity contribution in [3.05, 3.63) is 94.0 Å². The first kappa shape index (κ1) is 26.3. The summed E-state index contributed by atoms with van der Waals surface area (Å²) >= 11 is 6.01. The molecule has 186 valence electrons. The molecule has 2 N–H and O–H groups in total. The minimum atomic E-state index is -4.82. The first-order valence-electron chi connectivity index (χ1n) is 10.7. The lowest BCUT2D eigenvalue weighted by Gasteiger charge is -2.36. The molecule has 0 unspecified atom stereocenters. The van der Waals surface area contributed by atoms with E-state index >= 15 is 0 Å². The minimum absolute atomic E-state index is 0.0993. The van der Waals surface area contributed by atoms with Gasteiger partial charge in [-0.25, -0.2) is 9.18 Å².